The number of nitrogens with zero attached hydrogens (tertiary/aromatic N) is 2. The van der Waals surface area contributed by atoms with E-state index in [0.29, 0.717) is 11.7 Å². The predicted octanol–water partition coefficient (Wildman–Crippen LogP) is 4.93. The molecule has 0 aromatic heterocycles. The zero-order valence-corrected chi connectivity index (χ0v) is 19.1. The molecule has 1 aliphatic heterocycles. The average Bonchev–Trinajstić information content (AvgIpc) is 2.78. The number of nitrogens with one attached hydrogen (secondary N) is 1. The summed E-state index contributed by atoms with van der Waals surface area (Å²) in [4.78, 5) is 4.41. The third-order valence-electron chi connectivity index (χ3n) is 5.42. The molecule has 0 fully saturated rings. The number of rotatable bonds is 10. The largest absolute Gasteiger partial charge is 0.494 e. The first-order valence-electron chi connectivity index (χ1n) is 10.9. The Labute approximate surface area is 190 Å². The SMILES string of the molecule is C=CCN(C)CCCCOc1ccc2c(c1)CCCN2C(=S)NCc1ccc(F)cc1. The smallest absolute Gasteiger partial charge is 0.173 e. The molecule has 1 heterocycles. The van der Waals surface area contributed by atoms with Gasteiger partial charge in [0, 0.05) is 25.3 Å². The van der Waals surface area contributed by atoms with Gasteiger partial charge in [-0.2, -0.15) is 0 Å². The normalized spacial score (nSPS) is 13.1. The average molecular weight is 442 g/mol. The summed E-state index contributed by atoms with van der Waals surface area (Å²) in [6.07, 6.45) is 6.14. The van der Waals surface area contributed by atoms with Crippen molar-refractivity contribution in [3.8, 4) is 5.75 Å². The minimum Gasteiger partial charge on any atom is -0.494 e. The van der Waals surface area contributed by atoms with E-state index in [0.717, 1.165) is 68.9 Å². The Morgan fingerprint density at radius 1 is 1.26 bits per heavy atom. The second-order valence-electron chi connectivity index (χ2n) is 7.94. The van der Waals surface area contributed by atoms with Gasteiger partial charge < -0.3 is 19.9 Å². The fourth-order valence-electron chi connectivity index (χ4n) is 3.74. The maximum absolute atomic E-state index is 13.1. The number of hydrogen-bond donors (Lipinski definition) is 1. The van der Waals surface area contributed by atoms with Crippen LogP contribution in [0.2, 0.25) is 0 Å². The zero-order chi connectivity index (χ0) is 22.1. The van der Waals surface area contributed by atoms with E-state index in [1.165, 1.54) is 17.7 Å². The predicted molar refractivity (Wildman–Crippen MR) is 130 cm³/mol. The Morgan fingerprint density at radius 2 is 2.06 bits per heavy atom. The fraction of sp³-hybridized carbons (Fsp3) is 0.400. The molecule has 4 nitrogen and oxygen atoms in total. The highest BCUT2D eigenvalue weighted by Crippen LogP contribution is 2.30. The lowest BCUT2D eigenvalue weighted by molar-refractivity contribution is 0.287. The highest BCUT2D eigenvalue weighted by atomic mass is 32.1. The maximum Gasteiger partial charge on any atom is 0.173 e. The van der Waals surface area contributed by atoms with Crippen LogP contribution in [0, 0.1) is 5.82 Å². The molecular weight excluding hydrogens is 409 g/mol. The summed E-state index contributed by atoms with van der Waals surface area (Å²) in [6, 6.07) is 12.8. The minimum absolute atomic E-state index is 0.227. The molecule has 0 spiro atoms. The lowest BCUT2D eigenvalue weighted by Gasteiger charge is -2.32. The van der Waals surface area contributed by atoms with Gasteiger partial charge in [0.25, 0.3) is 0 Å². The third-order valence-corrected chi connectivity index (χ3v) is 5.78. The van der Waals surface area contributed by atoms with Crippen LogP contribution in [0.15, 0.2) is 55.1 Å². The first-order valence-corrected chi connectivity index (χ1v) is 11.3. The molecule has 0 radical (unpaired) electrons. The van der Waals surface area contributed by atoms with Gasteiger partial charge in [-0.05, 0) is 93.0 Å². The summed E-state index contributed by atoms with van der Waals surface area (Å²) < 4.78 is 19.1. The van der Waals surface area contributed by atoms with Crippen LogP contribution in [0.4, 0.5) is 10.1 Å². The second-order valence-corrected chi connectivity index (χ2v) is 8.32. The fourth-order valence-corrected chi connectivity index (χ4v) is 4.00. The summed E-state index contributed by atoms with van der Waals surface area (Å²) in [5.41, 5.74) is 3.40. The molecule has 0 saturated carbocycles. The van der Waals surface area contributed by atoms with Gasteiger partial charge in [-0.1, -0.05) is 18.2 Å². The van der Waals surface area contributed by atoms with Crippen LogP contribution in [0.3, 0.4) is 0 Å². The number of aryl methyl sites for hydroxylation is 1. The van der Waals surface area contributed by atoms with E-state index >= 15 is 0 Å². The molecule has 3 rings (SSSR count). The summed E-state index contributed by atoms with van der Waals surface area (Å²) in [7, 11) is 2.11. The van der Waals surface area contributed by atoms with Crippen molar-refractivity contribution in [2.24, 2.45) is 0 Å². The monoisotopic (exact) mass is 441 g/mol. The topological polar surface area (TPSA) is 27.7 Å². The Hall–Kier alpha value is -2.44. The molecule has 1 aliphatic rings. The van der Waals surface area contributed by atoms with E-state index in [4.69, 9.17) is 17.0 Å². The van der Waals surface area contributed by atoms with Crippen LogP contribution in [-0.4, -0.2) is 43.3 Å². The molecule has 2 aromatic rings. The summed E-state index contributed by atoms with van der Waals surface area (Å²) in [5, 5.41) is 4.00. The molecule has 0 aliphatic carbocycles. The van der Waals surface area contributed by atoms with E-state index in [9.17, 15) is 4.39 Å². The molecule has 0 bridgehead atoms. The third kappa shape index (κ3) is 7.04. The number of ether oxygens (including phenoxy) is 1. The number of likely N-dealkylation sites (N-methyl/N-ethyl adjacent to an activating group) is 1. The van der Waals surface area contributed by atoms with Gasteiger partial charge >= 0.3 is 0 Å². The van der Waals surface area contributed by atoms with Crippen molar-refractivity contribution >= 4 is 23.0 Å². The number of anilines is 1. The molecule has 166 valence electrons. The zero-order valence-electron chi connectivity index (χ0n) is 18.3. The summed E-state index contributed by atoms with van der Waals surface area (Å²) in [6.45, 7) is 7.93. The number of halogens is 1. The van der Waals surface area contributed by atoms with Crippen LogP contribution >= 0.6 is 12.2 Å². The first-order chi connectivity index (χ1) is 15.1. The van der Waals surface area contributed by atoms with Crippen LogP contribution in [0.1, 0.15) is 30.4 Å². The van der Waals surface area contributed by atoms with Crippen molar-refractivity contribution in [3.63, 3.8) is 0 Å². The van der Waals surface area contributed by atoms with Crippen LogP contribution in [0.5, 0.6) is 5.75 Å². The highest BCUT2D eigenvalue weighted by Gasteiger charge is 2.20. The Bertz CT molecular complexity index is 872. The number of benzene rings is 2. The van der Waals surface area contributed by atoms with E-state index in [1.807, 2.05) is 12.1 Å². The van der Waals surface area contributed by atoms with Crippen LogP contribution in [-0.2, 0) is 13.0 Å². The number of unbranched alkanes of at least 4 members (excludes halogenated alkanes) is 1. The molecule has 0 atom stereocenters. The molecule has 0 saturated heterocycles. The van der Waals surface area contributed by atoms with Gasteiger partial charge in [0.1, 0.15) is 11.6 Å². The van der Waals surface area contributed by atoms with Crippen molar-refractivity contribution in [2.75, 3.05) is 38.2 Å². The van der Waals surface area contributed by atoms with Gasteiger partial charge in [-0.15, -0.1) is 6.58 Å². The van der Waals surface area contributed by atoms with Gasteiger partial charge in [-0.3, -0.25) is 0 Å². The molecule has 0 amide bonds. The lowest BCUT2D eigenvalue weighted by atomic mass is 10.0. The Morgan fingerprint density at radius 3 is 2.84 bits per heavy atom. The number of fused-ring (bicyclic) bond motifs is 1. The van der Waals surface area contributed by atoms with E-state index in [1.54, 1.807) is 12.1 Å². The number of thiocarbonyl (C=S) groups is 1. The quantitative estimate of drug-likeness (QED) is 0.321. The van der Waals surface area contributed by atoms with E-state index in [2.05, 4.69) is 40.9 Å². The molecule has 6 heteroatoms. The van der Waals surface area contributed by atoms with Crippen LogP contribution in [0.25, 0.3) is 0 Å². The summed E-state index contributed by atoms with van der Waals surface area (Å²) >= 11 is 5.65. The minimum atomic E-state index is -0.227. The Balaban J connectivity index is 1.50. The number of hydrogen-bond acceptors (Lipinski definition) is 3. The van der Waals surface area contributed by atoms with Crippen molar-refractivity contribution < 1.29 is 9.13 Å². The van der Waals surface area contributed by atoms with Crippen molar-refractivity contribution in [2.45, 2.75) is 32.2 Å². The van der Waals surface area contributed by atoms with Crippen molar-refractivity contribution in [1.82, 2.24) is 10.2 Å². The van der Waals surface area contributed by atoms with Gasteiger partial charge in [0.05, 0.1) is 6.61 Å². The molecule has 2 aromatic carbocycles. The maximum atomic E-state index is 13.1. The van der Waals surface area contributed by atoms with E-state index in [-0.39, 0.29) is 5.82 Å². The summed E-state index contributed by atoms with van der Waals surface area (Å²) in [5.74, 6) is 0.694. The van der Waals surface area contributed by atoms with Crippen molar-refractivity contribution in [3.05, 3.63) is 72.1 Å². The van der Waals surface area contributed by atoms with Gasteiger partial charge in [0.15, 0.2) is 5.11 Å². The molecule has 31 heavy (non-hydrogen) atoms. The van der Waals surface area contributed by atoms with Gasteiger partial charge in [-0.25, -0.2) is 4.39 Å². The van der Waals surface area contributed by atoms with Crippen LogP contribution < -0.4 is 15.0 Å². The second kappa shape index (κ2) is 11.8. The van der Waals surface area contributed by atoms with Gasteiger partial charge in [0.2, 0.25) is 0 Å². The molecule has 0 unspecified atom stereocenters. The van der Waals surface area contributed by atoms with Crippen molar-refractivity contribution in [1.29, 1.82) is 0 Å². The Kier molecular flexibility index (Phi) is 8.85. The van der Waals surface area contributed by atoms with E-state index < -0.39 is 0 Å². The first kappa shape index (κ1) is 23.2. The molecule has 1 N–H and O–H groups in total. The lowest BCUT2D eigenvalue weighted by Crippen LogP contribution is -2.42. The highest BCUT2D eigenvalue weighted by molar-refractivity contribution is 7.80. The molecular formula is C25H32FN3OS. The standard InChI is InChI=1S/C25H32FN3OS/c1-3-14-28(2)15-4-5-17-30-23-12-13-24-21(18-23)7-6-16-29(24)25(31)27-19-20-8-10-22(26)11-9-20/h3,8-13,18H,1,4-7,14-17,19H2,2H3,(H,27,31).